The van der Waals surface area contributed by atoms with Crippen LogP contribution < -0.4 is 14.4 Å². The summed E-state index contributed by atoms with van der Waals surface area (Å²) in [6.45, 7) is 12.0. The average Bonchev–Trinajstić information content (AvgIpc) is 2.77. The Balaban J connectivity index is 2.66. The average molecular weight is 400 g/mol. The highest BCUT2D eigenvalue weighted by Crippen LogP contribution is 2.36. The predicted octanol–water partition coefficient (Wildman–Crippen LogP) is 5.69. The molecule has 0 radical (unpaired) electrons. The molecule has 0 spiro atoms. The fourth-order valence-electron chi connectivity index (χ4n) is 3.85. The molecule has 1 aromatic heterocycles. The van der Waals surface area contributed by atoms with E-state index < -0.39 is 0 Å². The van der Waals surface area contributed by atoms with Gasteiger partial charge in [-0.1, -0.05) is 34.6 Å². The summed E-state index contributed by atoms with van der Waals surface area (Å²) >= 11 is 0. The molecule has 1 aromatic carbocycles. The van der Waals surface area contributed by atoms with Crippen LogP contribution in [0.4, 0.5) is 5.82 Å². The molecule has 0 aliphatic rings. The van der Waals surface area contributed by atoms with Gasteiger partial charge < -0.3 is 14.4 Å². The maximum Gasteiger partial charge on any atom is 0.150 e. The first-order valence-electron chi connectivity index (χ1n) is 11.0. The summed E-state index contributed by atoms with van der Waals surface area (Å²) in [6, 6.07) is 6.36. The second-order valence-electron chi connectivity index (χ2n) is 7.23. The first-order valence-corrected chi connectivity index (χ1v) is 11.0. The lowest BCUT2D eigenvalue weighted by atomic mass is 10.0. The molecule has 0 saturated carbocycles. The van der Waals surface area contributed by atoms with Crippen LogP contribution in [-0.2, 0) is 12.8 Å². The number of benzene rings is 1. The first-order chi connectivity index (χ1) is 14.1. The van der Waals surface area contributed by atoms with Gasteiger partial charge in [-0.05, 0) is 44.2 Å². The van der Waals surface area contributed by atoms with Gasteiger partial charge in [0.1, 0.15) is 11.5 Å². The highest BCUT2D eigenvalue weighted by Gasteiger charge is 2.23. The van der Waals surface area contributed by atoms with Crippen LogP contribution in [0.3, 0.4) is 0 Å². The van der Waals surface area contributed by atoms with Gasteiger partial charge in [-0.2, -0.15) is 0 Å². The van der Waals surface area contributed by atoms with Crippen molar-refractivity contribution in [2.75, 3.05) is 25.7 Å². The minimum absolute atomic E-state index is 0.487. The number of aromatic nitrogens is 2. The maximum atomic E-state index is 5.65. The third-order valence-corrected chi connectivity index (χ3v) is 5.47. The summed E-state index contributed by atoms with van der Waals surface area (Å²) in [6.07, 6.45) is 4.97. The number of aryl methyl sites for hydroxylation is 2. The Bertz CT molecular complexity index is 788. The summed E-state index contributed by atoms with van der Waals surface area (Å²) in [7, 11) is 3.35. The van der Waals surface area contributed by atoms with Gasteiger partial charge in [-0.3, -0.25) is 0 Å². The third kappa shape index (κ3) is 5.01. The van der Waals surface area contributed by atoms with Gasteiger partial charge in [0.15, 0.2) is 5.82 Å². The van der Waals surface area contributed by atoms with E-state index in [0.717, 1.165) is 78.6 Å². The van der Waals surface area contributed by atoms with Crippen molar-refractivity contribution < 1.29 is 9.47 Å². The van der Waals surface area contributed by atoms with Gasteiger partial charge >= 0.3 is 0 Å². The van der Waals surface area contributed by atoms with Crippen molar-refractivity contribution in [3.63, 3.8) is 0 Å². The van der Waals surface area contributed by atoms with Crippen LogP contribution >= 0.6 is 0 Å². The van der Waals surface area contributed by atoms with Crippen molar-refractivity contribution in [1.82, 2.24) is 9.97 Å². The highest BCUT2D eigenvalue weighted by atomic mass is 16.5. The van der Waals surface area contributed by atoms with E-state index in [2.05, 4.69) is 39.5 Å². The Hall–Kier alpha value is -2.30. The molecule has 0 N–H and O–H groups in total. The van der Waals surface area contributed by atoms with E-state index in [1.54, 1.807) is 14.2 Å². The monoisotopic (exact) mass is 399 g/mol. The van der Waals surface area contributed by atoms with Crippen LogP contribution in [0.15, 0.2) is 18.2 Å². The Kier molecular flexibility index (Phi) is 8.74. The molecular weight excluding hydrogens is 362 g/mol. The van der Waals surface area contributed by atoms with E-state index in [0.29, 0.717) is 6.04 Å². The Morgan fingerprint density at radius 3 is 2.10 bits per heavy atom. The summed E-state index contributed by atoms with van der Waals surface area (Å²) in [5.41, 5.74) is 3.93. The zero-order valence-corrected chi connectivity index (χ0v) is 19.2. The molecule has 2 rings (SSSR count). The van der Waals surface area contributed by atoms with E-state index in [4.69, 9.17) is 19.4 Å². The lowest BCUT2D eigenvalue weighted by molar-refractivity contribution is 0.395. The minimum atomic E-state index is 0.487. The zero-order valence-electron chi connectivity index (χ0n) is 19.2. The molecule has 0 bridgehead atoms. The van der Waals surface area contributed by atoms with Gasteiger partial charge in [0.05, 0.1) is 31.3 Å². The number of anilines is 1. The quantitative estimate of drug-likeness (QED) is 0.486. The SMILES string of the molecule is CCCN(c1nc(CC)c(-c2ccc(OC)cc2OC)nc1CC)C(CC)CC. The van der Waals surface area contributed by atoms with Crippen molar-refractivity contribution in [3.8, 4) is 22.8 Å². The minimum Gasteiger partial charge on any atom is -0.497 e. The van der Waals surface area contributed by atoms with Crippen LogP contribution in [0.25, 0.3) is 11.3 Å². The molecule has 0 atom stereocenters. The topological polar surface area (TPSA) is 47.5 Å². The summed E-state index contributed by atoms with van der Waals surface area (Å²) in [5.74, 6) is 2.58. The molecule has 2 aromatic rings. The Morgan fingerprint density at radius 1 is 0.897 bits per heavy atom. The smallest absolute Gasteiger partial charge is 0.150 e. The van der Waals surface area contributed by atoms with Crippen LogP contribution in [0.2, 0.25) is 0 Å². The number of nitrogens with zero attached hydrogens (tertiary/aromatic N) is 3. The van der Waals surface area contributed by atoms with Gasteiger partial charge in [-0.15, -0.1) is 0 Å². The number of hydrogen-bond acceptors (Lipinski definition) is 5. The van der Waals surface area contributed by atoms with E-state index in [9.17, 15) is 0 Å². The fourth-order valence-corrected chi connectivity index (χ4v) is 3.85. The van der Waals surface area contributed by atoms with Crippen molar-refractivity contribution in [3.05, 3.63) is 29.6 Å². The standard InChI is InChI=1S/C24H37N3O2/c1-8-15-27(17(9-2)10-3)24-21(12-5)25-23(20(11-4)26-24)19-14-13-18(28-6)16-22(19)29-7/h13-14,16-17H,8-12,15H2,1-7H3. The molecular formula is C24H37N3O2. The van der Waals surface area contributed by atoms with Gasteiger partial charge in [0.2, 0.25) is 0 Å². The number of ether oxygens (including phenoxy) is 2. The van der Waals surface area contributed by atoms with E-state index in [1.165, 1.54) is 0 Å². The number of rotatable bonds is 11. The summed E-state index contributed by atoms with van der Waals surface area (Å²) in [5, 5.41) is 0. The zero-order chi connectivity index (χ0) is 21.4. The normalized spacial score (nSPS) is 11.0. The second kappa shape index (κ2) is 11.0. The van der Waals surface area contributed by atoms with E-state index >= 15 is 0 Å². The van der Waals surface area contributed by atoms with Crippen molar-refractivity contribution in [1.29, 1.82) is 0 Å². The molecule has 0 saturated heterocycles. The van der Waals surface area contributed by atoms with Crippen molar-refractivity contribution in [2.24, 2.45) is 0 Å². The van der Waals surface area contributed by atoms with Crippen molar-refractivity contribution in [2.45, 2.75) is 72.8 Å². The van der Waals surface area contributed by atoms with E-state index in [1.807, 2.05) is 18.2 Å². The molecule has 1 heterocycles. The largest absolute Gasteiger partial charge is 0.497 e. The van der Waals surface area contributed by atoms with Crippen molar-refractivity contribution >= 4 is 5.82 Å². The van der Waals surface area contributed by atoms with E-state index in [-0.39, 0.29) is 0 Å². The Labute approximate surface area is 176 Å². The number of hydrogen-bond donors (Lipinski definition) is 0. The summed E-state index contributed by atoms with van der Waals surface area (Å²) in [4.78, 5) is 12.8. The second-order valence-corrected chi connectivity index (χ2v) is 7.23. The summed E-state index contributed by atoms with van der Waals surface area (Å²) < 4.78 is 11.0. The predicted molar refractivity (Wildman–Crippen MR) is 121 cm³/mol. The molecule has 160 valence electrons. The van der Waals surface area contributed by atoms with Crippen LogP contribution in [0.5, 0.6) is 11.5 Å². The lowest BCUT2D eigenvalue weighted by Gasteiger charge is -2.33. The van der Waals surface area contributed by atoms with Gasteiger partial charge in [0, 0.05) is 24.2 Å². The van der Waals surface area contributed by atoms with Gasteiger partial charge in [0.25, 0.3) is 0 Å². The Morgan fingerprint density at radius 2 is 1.59 bits per heavy atom. The molecule has 5 heteroatoms. The molecule has 5 nitrogen and oxygen atoms in total. The molecule has 0 amide bonds. The molecule has 0 unspecified atom stereocenters. The maximum absolute atomic E-state index is 5.65. The first kappa shape index (κ1) is 23.0. The molecule has 0 fully saturated rings. The molecule has 29 heavy (non-hydrogen) atoms. The third-order valence-electron chi connectivity index (χ3n) is 5.47. The molecule has 0 aliphatic carbocycles. The van der Waals surface area contributed by atoms with Crippen LogP contribution in [0, 0.1) is 0 Å². The lowest BCUT2D eigenvalue weighted by Crippen LogP contribution is -2.37. The fraction of sp³-hybridized carbons (Fsp3) is 0.583. The van der Waals surface area contributed by atoms with Crippen LogP contribution in [-0.4, -0.2) is 36.8 Å². The number of methoxy groups -OCH3 is 2. The van der Waals surface area contributed by atoms with Gasteiger partial charge in [-0.25, -0.2) is 9.97 Å². The molecule has 0 aliphatic heterocycles. The van der Waals surface area contributed by atoms with Crippen LogP contribution in [0.1, 0.15) is 65.3 Å². The highest BCUT2D eigenvalue weighted by molar-refractivity contribution is 5.71.